The molecule has 10 heteroatoms. The lowest BCUT2D eigenvalue weighted by atomic mass is 10.0. The van der Waals surface area contributed by atoms with Crippen molar-refractivity contribution >= 4 is 5.97 Å². The van der Waals surface area contributed by atoms with Crippen LogP contribution in [0.3, 0.4) is 0 Å². The first kappa shape index (κ1) is 27.6. The number of rotatable bonds is 10. The standard InChI is InChI=1S/C29H26F3NO6/c1-17(2)27-24(26(33-39-27)23-9-4-5-10-25(23)38-29(30,31)32)16-37-22-12-11-20(18(3)13-22)15-36-21-8-6-7-19(14-21)28(34)35/h4-14,17H,15-16H2,1-3H3,(H,34,35). The molecule has 0 saturated heterocycles. The Bertz CT molecular complexity index is 1460. The fourth-order valence-electron chi connectivity index (χ4n) is 3.96. The second-order valence-corrected chi connectivity index (χ2v) is 9.07. The highest BCUT2D eigenvalue weighted by Gasteiger charge is 2.33. The van der Waals surface area contributed by atoms with E-state index in [0.29, 0.717) is 22.8 Å². The number of carboxylic acid groups (broad SMARTS) is 1. The van der Waals surface area contributed by atoms with Gasteiger partial charge in [-0.3, -0.25) is 0 Å². The summed E-state index contributed by atoms with van der Waals surface area (Å²) in [4.78, 5) is 11.2. The van der Waals surface area contributed by atoms with Gasteiger partial charge in [0.2, 0.25) is 0 Å². The van der Waals surface area contributed by atoms with Crippen LogP contribution in [0.4, 0.5) is 13.2 Å². The van der Waals surface area contributed by atoms with Crippen molar-refractivity contribution in [2.24, 2.45) is 0 Å². The van der Waals surface area contributed by atoms with Gasteiger partial charge in [0.05, 0.1) is 11.1 Å². The van der Waals surface area contributed by atoms with Crippen LogP contribution < -0.4 is 14.2 Å². The lowest BCUT2D eigenvalue weighted by Crippen LogP contribution is -2.17. The number of aromatic nitrogens is 1. The summed E-state index contributed by atoms with van der Waals surface area (Å²) in [6.45, 7) is 5.88. The van der Waals surface area contributed by atoms with E-state index in [1.807, 2.05) is 32.9 Å². The summed E-state index contributed by atoms with van der Waals surface area (Å²) in [6.07, 6.45) is -4.86. The van der Waals surface area contributed by atoms with Gasteiger partial charge >= 0.3 is 12.3 Å². The molecule has 4 aromatic rings. The van der Waals surface area contributed by atoms with Gasteiger partial charge in [0.15, 0.2) is 0 Å². The van der Waals surface area contributed by atoms with Crippen LogP contribution in [-0.4, -0.2) is 22.6 Å². The minimum Gasteiger partial charge on any atom is -0.489 e. The summed E-state index contributed by atoms with van der Waals surface area (Å²) in [5.74, 6) is -0.0509. The number of alkyl halides is 3. The van der Waals surface area contributed by atoms with Gasteiger partial charge < -0.3 is 23.8 Å². The molecule has 0 unspecified atom stereocenters. The van der Waals surface area contributed by atoms with Crippen molar-refractivity contribution in [3.8, 4) is 28.5 Å². The first-order chi connectivity index (χ1) is 18.5. The van der Waals surface area contributed by atoms with Gasteiger partial charge in [-0.05, 0) is 60.5 Å². The van der Waals surface area contributed by atoms with E-state index >= 15 is 0 Å². The molecule has 1 heterocycles. The van der Waals surface area contributed by atoms with Crippen molar-refractivity contribution in [1.29, 1.82) is 0 Å². The predicted octanol–water partition coefficient (Wildman–Crippen LogP) is 7.53. The van der Waals surface area contributed by atoms with Gasteiger partial charge in [-0.1, -0.05) is 43.3 Å². The maximum atomic E-state index is 13.0. The zero-order valence-corrected chi connectivity index (χ0v) is 21.4. The molecule has 4 rings (SSSR count). The number of ether oxygens (including phenoxy) is 3. The topological polar surface area (TPSA) is 91.0 Å². The number of halogens is 3. The maximum absolute atomic E-state index is 13.0. The van der Waals surface area contributed by atoms with E-state index in [2.05, 4.69) is 9.89 Å². The van der Waals surface area contributed by atoms with Crippen LogP contribution in [0.25, 0.3) is 11.3 Å². The van der Waals surface area contributed by atoms with Crippen LogP contribution >= 0.6 is 0 Å². The number of aryl methyl sites for hydroxylation is 1. The molecule has 39 heavy (non-hydrogen) atoms. The highest BCUT2D eigenvalue weighted by atomic mass is 19.4. The molecule has 204 valence electrons. The Balaban J connectivity index is 1.52. The number of nitrogens with zero attached hydrogens (tertiary/aromatic N) is 1. The van der Waals surface area contributed by atoms with Crippen LogP contribution in [0.5, 0.6) is 17.2 Å². The number of para-hydroxylation sites is 1. The zero-order valence-electron chi connectivity index (χ0n) is 21.4. The first-order valence-electron chi connectivity index (χ1n) is 12.0. The molecule has 0 spiro atoms. The molecule has 0 bridgehead atoms. The van der Waals surface area contributed by atoms with Crippen LogP contribution in [0.2, 0.25) is 0 Å². The summed E-state index contributed by atoms with van der Waals surface area (Å²) in [7, 11) is 0. The predicted molar refractivity (Wildman–Crippen MR) is 136 cm³/mol. The Morgan fingerprint density at radius 2 is 1.69 bits per heavy atom. The summed E-state index contributed by atoms with van der Waals surface area (Å²) in [5.41, 5.74) is 2.75. The molecule has 0 fully saturated rings. The average Bonchev–Trinajstić information content (AvgIpc) is 3.30. The zero-order chi connectivity index (χ0) is 28.2. The number of hydrogen-bond acceptors (Lipinski definition) is 6. The number of hydrogen-bond donors (Lipinski definition) is 1. The minimum absolute atomic E-state index is 0.00393. The van der Waals surface area contributed by atoms with E-state index in [1.54, 1.807) is 24.3 Å². The third kappa shape index (κ3) is 6.90. The van der Waals surface area contributed by atoms with Crippen molar-refractivity contribution in [3.63, 3.8) is 0 Å². The van der Waals surface area contributed by atoms with E-state index in [4.69, 9.17) is 19.1 Å². The lowest BCUT2D eigenvalue weighted by Gasteiger charge is -2.14. The van der Waals surface area contributed by atoms with E-state index in [9.17, 15) is 18.0 Å². The maximum Gasteiger partial charge on any atom is 0.573 e. The molecule has 0 aliphatic heterocycles. The number of carbonyl (C=O) groups is 1. The average molecular weight is 542 g/mol. The Hall–Kier alpha value is -4.47. The first-order valence-corrected chi connectivity index (χ1v) is 12.0. The van der Waals surface area contributed by atoms with Crippen LogP contribution in [0.1, 0.15) is 52.6 Å². The third-order valence-corrected chi connectivity index (χ3v) is 5.88. The molecule has 0 atom stereocenters. The molecule has 0 aliphatic rings. The molecule has 3 aromatic carbocycles. The molecular weight excluding hydrogens is 515 g/mol. The van der Waals surface area contributed by atoms with Crippen molar-refractivity contribution < 1.29 is 41.8 Å². The van der Waals surface area contributed by atoms with Crippen LogP contribution in [0, 0.1) is 6.92 Å². The van der Waals surface area contributed by atoms with Gasteiger partial charge in [0, 0.05) is 11.5 Å². The molecule has 0 aliphatic carbocycles. The molecule has 0 saturated carbocycles. The number of benzene rings is 3. The lowest BCUT2D eigenvalue weighted by molar-refractivity contribution is -0.274. The minimum atomic E-state index is -4.86. The summed E-state index contributed by atoms with van der Waals surface area (Å²) < 4.78 is 60.5. The number of carboxylic acids is 1. The SMILES string of the molecule is Cc1cc(OCc2c(-c3ccccc3OC(F)(F)F)noc2C(C)C)ccc1COc1cccc(C(=O)O)c1. The highest BCUT2D eigenvalue weighted by molar-refractivity contribution is 5.88. The van der Waals surface area contributed by atoms with Crippen molar-refractivity contribution in [2.45, 2.75) is 46.3 Å². The normalized spacial score (nSPS) is 11.5. The van der Waals surface area contributed by atoms with Gasteiger partial charge in [-0.2, -0.15) is 0 Å². The van der Waals surface area contributed by atoms with Gasteiger partial charge in [-0.15, -0.1) is 13.2 Å². The molecule has 1 aromatic heterocycles. The van der Waals surface area contributed by atoms with Crippen molar-refractivity contribution in [3.05, 3.63) is 94.7 Å². The number of aromatic carboxylic acids is 1. The van der Waals surface area contributed by atoms with Gasteiger partial charge in [0.25, 0.3) is 0 Å². The second-order valence-electron chi connectivity index (χ2n) is 9.07. The fraction of sp³-hybridized carbons (Fsp3) is 0.241. The Morgan fingerprint density at radius 3 is 2.38 bits per heavy atom. The molecular formula is C29H26F3NO6. The van der Waals surface area contributed by atoms with Crippen molar-refractivity contribution in [2.75, 3.05) is 0 Å². The smallest absolute Gasteiger partial charge is 0.489 e. The van der Waals surface area contributed by atoms with Gasteiger partial charge in [-0.25, -0.2) is 4.79 Å². The van der Waals surface area contributed by atoms with E-state index in [1.165, 1.54) is 30.3 Å². The highest BCUT2D eigenvalue weighted by Crippen LogP contribution is 2.38. The Labute approximate surface area is 222 Å². The molecule has 1 N–H and O–H groups in total. The second kappa shape index (κ2) is 11.5. The van der Waals surface area contributed by atoms with Crippen LogP contribution in [-0.2, 0) is 13.2 Å². The summed E-state index contributed by atoms with van der Waals surface area (Å²) in [5, 5.41) is 13.2. The summed E-state index contributed by atoms with van der Waals surface area (Å²) in [6, 6.07) is 17.4. The molecule has 7 nitrogen and oxygen atoms in total. The Morgan fingerprint density at radius 1 is 0.974 bits per heavy atom. The monoisotopic (exact) mass is 541 g/mol. The summed E-state index contributed by atoms with van der Waals surface area (Å²) >= 11 is 0. The third-order valence-electron chi connectivity index (χ3n) is 5.88. The van der Waals surface area contributed by atoms with E-state index < -0.39 is 12.3 Å². The van der Waals surface area contributed by atoms with E-state index in [-0.39, 0.29) is 41.7 Å². The van der Waals surface area contributed by atoms with Crippen LogP contribution in [0.15, 0.2) is 71.3 Å². The van der Waals surface area contributed by atoms with Crippen molar-refractivity contribution in [1.82, 2.24) is 5.16 Å². The van der Waals surface area contributed by atoms with Gasteiger partial charge in [0.1, 0.15) is 41.9 Å². The largest absolute Gasteiger partial charge is 0.573 e. The fourth-order valence-corrected chi connectivity index (χ4v) is 3.96. The molecule has 0 radical (unpaired) electrons. The Kier molecular flexibility index (Phi) is 8.13. The molecule has 0 amide bonds. The quantitative estimate of drug-likeness (QED) is 0.222. The van der Waals surface area contributed by atoms with E-state index in [0.717, 1.165) is 11.1 Å².